The number of rotatable bonds is 4. The second-order valence-corrected chi connectivity index (χ2v) is 6.45. The summed E-state index contributed by atoms with van der Waals surface area (Å²) in [6.45, 7) is 3.91. The maximum Gasteiger partial charge on any atom is 0.204 e. The van der Waals surface area contributed by atoms with Crippen LogP contribution in [0.3, 0.4) is 0 Å². The largest absolute Gasteiger partial charge is 0.508 e. The molecule has 0 amide bonds. The molecule has 0 fully saturated rings. The zero-order valence-electron chi connectivity index (χ0n) is 15.2. The number of fused-ring (bicyclic) bond motifs is 1. The Kier molecular flexibility index (Phi) is 4.81. The Bertz CT molecular complexity index is 1100. The molecule has 3 aromatic rings. The lowest BCUT2D eigenvalue weighted by atomic mass is 10.0. The first-order valence-electron chi connectivity index (χ1n) is 8.33. The standard InChI is InChI=1S/C21H20O6/c1-11(2)4-6-14-18(26-3)9-17(24)19-20(25)15(10-27-21(14)19)13-7-5-12(22)8-16(13)23/h4-5,7-10,22-24H,6H2,1-3H3. The number of benzene rings is 2. The van der Waals surface area contributed by atoms with Gasteiger partial charge >= 0.3 is 0 Å². The number of phenolic OH excluding ortho intramolecular Hbond substituents is 3. The van der Waals surface area contributed by atoms with Crippen LogP contribution in [0.5, 0.6) is 23.0 Å². The maximum absolute atomic E-state index is 13.0. The molecule has 3 rings (SSSR count). The molecule has 0 aliphatic heterocycles. The van der Waals surface area contributed by atoms with Crippen molar-refractivity contribution in [2.75, 3.05) is 7.11 Å². The summed E-state index contributed by atoms with van der Waals surface area (Å²) in [5.41, 5.74) is 1.75. The molecule has 0 bridgehead atoms. The van der Waals surface area contributed by atoms with E-state index < -0.39 is 5.43 Å². The fraction of sp³-hybridized carbons (Fsp3) is 0.190. The fourth-order valence-electron chi connectivity index (χ4n) is 2.93. The minimum absolute atomic E-state index is 0.0120. The summed E-state index contributed by atoms with van der Waals surface area (Å²) in [4.78, 5) is 13.0. The second-order valence-electron chi connectivity index (χ2n) is 6.45. The van der Waals surface area contributed by atoms with E-state index in [0.717, 1.165) is 11.6 Å². The van der Waals surface area contributed by atoms with Gasteiger partial charge in [-0.2, -0.15) is 0 Å². The highest BCUT2D eigenvalue weighted by molar-refractivity contribution is 5.91. The Morgan fingerprint density at radius 2 is 1.85 bits per heavy atom. The van der Waals surface area contributed by atoms with E-state index in [2.05, 4.69) is 0 Å². The van der Waals surface area contributed by atoms with Crippen molar-refractivity contribution in [3.05, 3.63) is 58.0 Å². The Morgan fingerprint density at radius 3 is 2.48 bits per heavy atom. The highest BCUT2D eigenvalue weighted by atomic mass is 16.5. The van der Waals surface area contributed by atoms with Gasteiger partial charge in [-0.15, -0.1) is 0 Å². The molecule has 1 aromatic heterocycles. The molecular formula is C21H20O6. The molecular weight excluding hydrogens is 348 g/mol. The van der Waals surface area contributed by atoms with Crippen molar-refractivity contribution in [2.24, 2.45) is 0 Å². The molecule has 2 aromatic carbocycles. The summed E-state index contributed by atoms with van der Waals surface area (Å²) in [5.74, 6) is -0.241. The fourth-order valence-corrected chi connectivity index (χ4v) is 2.93. The Morgan fingerprint density at radius 1 is 1.11 bits per heavy atom. The number of hydrogen-bond donors (Lipinski definition) is 3. The van der Waals surface area contributed by atoms with Gasteiger partial charge in [-0.25, -0.2) is 0 Å². The summed E-state index contributed by atoms with van der Waals surface area (Å²) in [5, 5.41) is 29.9. The van der Waals surface area contributed by atoms with Crippen LogP contribution < -0.4 is 10.2 Å². The molecule has 0 atom stereocenters. The van der Waals surface area contributed by atoms with Crippen molar-refractivity contribution in [1.29, 1.82) is 0 Å². The molecule has 1 heterocycles. The van der Waals surface area contributed by atoms with E-state index in [4.69, 9.17) is 9.15 Å². The molecule has 0 spiro atoms. The van der Waals surface area contributed by atoms with E-state index in [1.807, 2.05) is 19.9 Å². The Labute approximate surface area is 155 Å². The van der Waals surface area contributed by atoms with Crippen molar-refractivity contribution >= 4 is 11.0 Å². The summed E-state index contributed by atoms with van der Waals surface area (Å²) < 4.78 is 11.0. The van der Waals surface area contributed by atoms with E-state index in [1.165, 1.54) is 31.6 Å². The quantitative estimate of drug-likeness (QED) is 0.600. The first kappa shape index (κ1) is 18.4. The second kappa shape index (κ2) is 7.07. The van der Waals surface area contributed by atoms with Gasteiger partial charge < -0.3 is 24.5 Å². The van der Waals surface area contributed by atoms with Crippen LogP contribution in [0.25, 0.3) is 22.1 Å². The first-order valence-corrected chi connectivity index (χ1v) is 8.33. The van der Waals surface area contributed by atoms with Crippen LogP contribution in [-0.2, 0) is 6.42 Å². The third kappa shape index (κ3) is 3.33. The SMILES string of the molecule is COc1cc(O)c2c(=O)c(-c3ccc(O)cc3O)coc2c1CC=C(C)C. The number of aromatic hydroxyl groups is 3. The zero-order valence-corrected chi connectivity index (χ0v) is 15.2. The minimum Gasteiger partial charge on any atom is -0.508 e. The van der Waals surface area contributed by atoms with Crippen molar-refractivity contribution in [3.63, 3.8) is 0 Å². The first-order chi connectivity index (χ1) is 12.8. The van der Waals surface area contributed by atoms with Gasteiger partial charge in [0.1, 0.15) is 40.2 Å². The summed E-state index contributed by atoms with van der Waals surface area (Å²) in [6, 6.07) is 5.28. The van der Waals surface area contributed by atoms with Crippen LogP contribution in [-0.4, -0.2) is 22.4 Å². The molecule has 0 radical (unpaired) electrons. The predicted molar refractivity (Wildman–Crippen MR) is 103 cm³/mol. The van der Waals surface area contributed by atoms with Crippen LogP contribution in [0.15, 0.2) is 51.4 Å². The molecule has 0 aliphatic rings. The summed E-state index contributed by atoms with van der Waals surface area (Å²) >= 11 is 0. The molecule has 6 nitrogen and oxygen atoms in total. The van der Waals surface area contributed by atoms with Crippen molar-refractivity contribution in [1.82, 2.24) is 0 Å². The zero-order chi connectivity index (χ0) is 19.7. The van der Waals surface area contributed by atoms with Crippen LogP contribution in [0.1, 0.15) is 19.4 Å². The van der Waals surface area contributed by atoms with Gasteiger partial charge in [0.15, 0.2) is 0 Å². The third-order valence-electron chi connectivity index (χ3n) is 4.29. The van der Waals surface area contributed by atoms with Crippen molar-refractivity contribution in [2.45, 2.75) is 20.3 Å². The van der Waals surface area contributed by atoms with Crippen molar-refractivity contribution in [3.8, 4) is 34.1 Å². The number of methoxy groups -OCH3 is 1. The van der Waals surface area contributed by atoms with E-state index in [0.29, 0.717) is 17.7 Å². The normalized spacial score (nSPS) is 10.8. The van der Waals surface area contributed by atoms with Gasteiger partial charge in [-0.3, -0.25) is 4.79 Å². The topological polar surface area (TPSA) is 100 Å². The van der Waals surface area contributed by atoms with Gasteiger partial charge in [-0.1, -0.05) is 11.6 Å². The molecule has 3 N–H and O–H groups in total. The molecule has 6 heteroatoms. The Balaban J connectivity index is 2.32. The lowest BCUT2D eigenvalue weighted by molar-refractivity contribution is 0.403. The number of hydrogen-bond acceptors (Lipinski definition) is 6. The van der Waals surface area contributed by atoms with Gasteiger partial charge in [0.05, 0.1) is 12.7 Å². The van der Waals surface area contributed by atoms with Gasteiger partial charge in [0, 0.05) is 23.3 Å². The van der Waals surface area contributed by atoms with E-state index >= 15 is 0 Å². The van der Waals surface area contributed by atoms with Gasteiger partial charge in [0.2, 0.25) is 5.43 Å². The average Bonchev–Trinajstić information content (AvgIpc) is 2.61. The van der Waals surface area contributed by atoms with E-state index in [-0.39, 0.29) is 39.3 Å². The molecule has 140 valence electrons. The maximum atomic E-state index is 13.0. The van der Waals surface area contributed by atoms with Gasteiger partial charge in [-0.05, 0) is 32.4 Å². The highest BCUT2D eigenvalue weighted by Crippen LogP contribution is 2.37. The lowest BCUT2D eigenvalue weighted by Gasteiger charge is -2.12. The smallest absolute Gasteiger partial charge is 0.204 e. The highest BCUT2D eigenvalue weighted by Gasteiger charge is 2.20. The number of phenols is 3. The predicted octanol–water partition coefficient (Wildman–Crippen LogP) is 4.09. The summed E-state index contributed by atoms with van der Waals surface area (Å²) in [6.07, 6.45) is 3.67. The number of ether oxygens (including phenoxy) is 1. The van der Waals surface area contributed by atoms with E-state index in [1.54, 1.807) is 0 Å². The molecule has 0 saturated heterocycles. The van der Waals surface area contributed by atoms with Crippen LogP contribution in [0.4, 0.5) is 0 Å². The molecule has 27 heavy (non-hydrogen) atoms. The third-order valence-corrected chi connectivity index (χ3v) is 4.29. The lowest BCUT2D eigenvalue weighted by Crippen LogP contribution is -2.07. The molecule has 0 aliphatic carbocycles. The monoisotopic (exact) mass is 368 g/mol. The minimum atomic E-state index is -0.490. The van der Waals surface area contributed by atoms with Crippen LogP contribution in [0, 0.1) is 0 Å². The average molecular weight is 368 g/mol. The van der Waals surface area contributed by atoms with E-state index in [9.17, 15) is 20.1 Å². The summed E-state index contributed by atoms with van der Waals surface area (Å²) in [7, 11) is 1.48. The van der Waals surface area contributed by atoms with Gasteiger partial charge in [0.25, 0.3) is 0 Å². The Hall–Kier alpha value is -3.41. The van der Waals surface area contributed by atoms with Crippen LogP contribution in [0.2, 0.25) is 0 Å². The number of allylic oxidation sites excluding steroid dienone is 2. The molecule has 0 saturated carbocycles. The molecule has 0 unspecified atom stereocenters. The van der Waals surface area contributed by atoms with Crippen molar-refractivity contribution < 1.29 is 24.5 Å². The van der Waals surface area contributed by atoms with Crippen LogP contribution >= 0.6 is 0 Å².